The first-order valence-corrected chi connectivity index (χ1v) is 9.00. The maximum absolute atomic E-state index is 12.5. The van der Waals surface area contributed by atoms with Crippen LogP contribution >= 0.6 is 0 Å². The number of ether oxygens (including phenoxy) is 3. The lowest BCUT2D eigenvalue weighted by Crippen LogP contribution is -2.30. The van der Waals surface area contributed by atoms with E-state index in [4.69, 9.17) is 14.2 Å². The molecule has 2 aromatic carbocycles. The predicted molar refractivity (Wildman–Crippen MR) is 101 cm³/mol. The molecule has 0 aromatic heterocycles. The van der Waals surface area contributed by atoms with E-state index in [-0.39, 0.29) is 12.7 Å². The molecule has 1 N–H and O–H groups in total. The van der Waals surface area contributed by atoms with E-state index in [0.29, 0.717) is 23.0 Å². The quantitative estimate of drug-likeness (QED) is 0.776. The first-order valence-electron chi connectivity index (χ1n) is 9.00. The first-order chi connectivity index (χ1) is 13.0. The Bertz CT molecular complexity index is 848. The summed E-state index contributed by atoms with van der Waals surface area (Å²) in [4.78, 5) is 24.8. The number of benzene rings is 2. The summed E-state index contributed by atoms with van der Waals surface area (Å²) in [5, 5.41) is 2.86. The molecule has 142 valence electrons. The average molecular weight is 369 g/mol. The number of para-hydroxylation sites is 1. The van der Waals surface area contributed by atoms with Gasteiger partial charge in [-0.05, 0) is 49.1 Å². The Balaban J connectivity index is 1.65. The van der Waals surface area contributed by atoms with Gasteiger partial charge in [0.05, 0.1) is 5.56 Å². The third-order valence-electron chi connectivity index (χ3n) is 4.62. The summed E-state index contributed by atoms with van der Waals surface area (Å²) < 4.78 is 15.8. The Kier molecular flexibility index (Phi) is 5.64. The Morgan fingerprint density at radius 1 is 1.11 bits per heavy atom. The maximum atomic E-state index is 12.5. The molecule has 3 rings (SSSR count). The van der Waals surface area contributed by atoms with E-state index in [0.717, 1.165) is 17.7 Å². The number of amides is 1. The van der Waals surface area contributed by atoms with Crippen molar-refractivity contribution in [2.45, 2.75) is 39.2 Å². The van der Waals surface area contributed by atoms with Crippen molar-refractivity contribution in [2.24, 2.45) is 0 Å². The first kappa shape index (κ1) is 18.8. The fourth-order valence-corrected chi connectivity index (χ4v) is 2.80. The summed E-state index contributed by atoms with van der Waals surface area (Å²) in [5.41, 5.74) is 2.10. The van der Waals surface area contributed by atoms with Gasteiger partial charge in [0.25, 0.3) is 5.91 Å². The van der Waals surface area contributed by atoms with Gasteiger partial charge < -0.3 is 19.5 Å². The summed E-state index contributed by atoms with van der Waals surface area (Å²) >= 11 is 0. The molecular weight excluding hydrogens is 346 g/mol. The Hall–Kier alpha value is -3.02. The lowest BCUT2D eigenvalue weighted by molar-refractivity contribution is -0.123. The summed E-state index contributed by atoms with van der Waals surface area (Å²) in [6, 6.07) is 12.4. The molecule has 0 radical (unpaired) electrons. The molecule has 0 spiro atoms. The second-order valence-corrected chi connectivity index (χ2v) is 6.50. The monoisotopic (exact) mass is 369 g/mol. The number of fused-ring (bicyclic) bond motifs is 1. The van der Waals surface area contributed by atoms with E-state index in [1.165, 1.54) is 0 Å². The molecule has 2 aromatic rings. The van der Waals surface area contributed by atoms with Crippen molar-refractivity contribution < 1.29 is 23.8 Å². The SMILES string of the molecule is CC[C@H](C)c1ccccc1NC(=O)[C@@H](C)OC(=O)c1ccc2c(c1)OCO2. The van der Waals surface area contributed by atoms with E-state index in [1.54, 1.807) is 25.1 Å². The molecular formula is C21H23NO5. The van der Waals surface area contributed by atoms with Gasteiger partial charge in [-0.1, -0.05) is 32.0 Å². The molecule has 0 fully saturated rings. The van der Waals surface area contributed by atoms with E-state index in [9.17, 15) is 9.59 Å². The summed E-state index contributed by atoms with van der Waals surface area (Å²) in [6.45, 7) is 5.88. The highest BCUT2D eigenvalue weighted by molar-refractivity contribution is 5.98. The molecule has 1 heterocycles. The van der Waals surface area contributed by atoms with Crippen LogP contribution in [0.15, 0.2) is 42.5 Å². The third kappa shape index (κ3) is 4.22. The minimum Gasteiger partial charge on any atom is -0.454 e. The Morgan fingerprint density at radius 2 is 1.85 bits per heavy atom. The van der Waals surface area contributed by atoms with Gasteiger partial charge >= 0.3 is 5.97 Å². The lowest BCUT2D eigenvalue weighted by Gasteiger charge is -2.18. The lowest BCUT2D eigenvalue weighted by atomic mass is 9.97. The summed E-state index contributed by atoms with van der Waals surface area (Å²) in [5.74, 6) is 0.419. The molecule has 27 heavy (non-hydrogen) atoms. The molecule has 0 aliphatic carbocycles. The minimum absolute atomic E-state index is 0.127. The molecule has 1 aliphatic rings. The second-order valence-electron chi connectivity index (χ2n) is 6.50. The molecule has 6 heteroatoms. The van der Waals surface area contributed by atoms with Crippen LogP contribution in [0.5, 0.6) is 11.5 Å². The van der Waals surface area contributed by atoms with Crippen molar-refractivity contribution in [2.75, 3.05) is 12.1 Å². The van der Waals surface area contributed by atoms with Crippen LogP contribution in [0.2, 0.25) is 0 Å². The molecule has 2 atom stereocenters. The Morgan fingerprint density at radius 3 is 2.63 bits per heavy atom. The van der Waals surface area contributed by atoms with Crippen molar-refractivity contribution in [3.8, 4) is 11.5 Å². The van der Waals surface area contributed by atoms with Crippen LogP contribution in [0.1, 0.15) is 49.0 Å². The van der Waals surface area contributed by atoms with Gasteiger partial charge in [0.15, 0.2) is 17.6 Å². The third-order valence-corrected chi connectivity index (χ3v) is 4.62. The second kappa shape index (κ2) is 8.12. The van der Waals surface area contributed by atoms with Gasteiger partial charge in [0.2, 0.25) is 6.79 Å². The number of hydrogen-bond donors (Lipinski definition) is 1. The van der Waals surface area contributed by atoms with Gasteiger partial charge in [0, 0.05) is 5.69 Å². The van der Waals surface area contributed by atoms with Crippen molar-refractivity contribution in [3.05, 3.63) is 53.6 Å². The molecule has 1 aliphatic heterocycles. The highest BCUT2D eigenvalue weighted by Crippen LogP contribution is 2.32. The van der Waals surface area contributed by atoms with Crippen LogP contribution in [0.3, 0.4) is 0 Å². The number of hydrogen-bond acceptors (Lipinski definition) is 5. The van der Waals surface area contributed by atoms with Gasteiger partial charge in [0.1, 0.15) is 0 Å². The van der Waals surface area contributed by atoms with Gasteiger partial charge in [-0.2, -0.15) is 0 Å². The number of esters is 1. The fourth-order valence-electron chi connectivity index (χ4n) is 2.80. The largest absolute Gasteiger partial charge is 0.454 e. The van der Waals surface area contributed by atoms with Crippen LogP contribution in [-0.2, 0) is 9.53 Å². The molecule has 0 bridgehead atoms. The highest BCUT2D eigenvalue weighted by Gasteiger charge is 2.22. The van der Waals surface area contributed by atoms with E-state index < -0.39 is 12.1 Å². The van der Waals surface area contributed by atoms with Crippen molar-refractivity contribution >= 4 is 17.6 Å². The molecule has 0 saturated carbocycles. The van der Waals surface area contributed by atoms with E-state index >= 15 is 0 Å². The van der Waals surface area contributed by atoms with Crippen molar-refractivity contribution in [1.29, 1.82) is 0 Å². The van der Waals surface area contributed by atoms with Crippen LogP contribution in [0, 0.1) is 0 Å². The van der Waals surface area contributed by atoms with Gasteiger partial charge in [-0.25, -0.2) is 4.79 Å². The van der Waals surface area contributed by atoms with Crippen LogP contribution in [-0.4, -0.2) is 24.8 Å². The number of nitrogens with one attached hydrogen (secondary N) is 1. The van der Waals surface area contributed by atoms with Crippen LogP contribution in [0.25, 0.3) is 0 Å². The predicted octanol–water partition coefficient (Wildman–Crippen LogP) is 4.11. The maximum Gasteiger partial charge on any atom is 0.339 e. The van der Waals surface area contributed by atoms with Crippen molar-refractivity contribution in [1.82, 2.24) is 0 Å². The zero-order valence-corrected chi connectivity index (χ0v) is 15.7. The molecule has 6 nitrogen and oxygen atoms in total. The Labute approximate surface area is 158 Å². The number of anilines is 1. The molecule has 0 unspecified atom stereocenters. The smallest absolute Gasteiger partial charge is 0.339 e. The van der Waals surface area contributed by atoms with E-state index in [1.807, 2.05) is 24.3 Å². The van der Waals surface area contributed by atoms with E-state index in [2.05, 4.69) is 19.2 Å². The zero-order valence-electron chi connectivity index (χ0n) is 15.7. The normalized spacial score (nSPS) is 14.3. The highest BCUT2D eigenvalue weighted by atomic mass is 16.7. The molecule has 0 saturated heterocycles. The zero-order chi connectivity index (χ0) is 19.4. The molecule has 1 amide bonds. The topological polar surface area (TPSA) is 73.9 Å². The average Bonchev–Trinajstić information content (AvgIpc) is 3.15. The number of rotatable bonds is 6. The van der Waals surface area contributed by atoms with Gasteiger partial charge in [-0.3, -0.25) is 4.79 Å². The summed E-state index contributed by atoms with van der Waals surface area (Å²) in [7, 11) is 0. The standard InChI is InChI=1S/C21H23NO5/c1-4-13(2)16-7-5-6-8-17(16)22-20(23)14(3)27-21(24)15-9-10-18-19(11-15)26-12-25-18/h5-11,13-14H,4,12H2,1-3H3,(H,22,23)/t13-,14+/m0/s1. The van der Waals surface area contributed by atoms with Gasteiger partial charge in [-0.15, -0.1) is 0 Å². The van der Waals surface area contributed by atoms with Crippen LogP contribution < -0.4 is 14.8 Å². The van der Waals surface area contributed by atoms with Crippen LogP contribution in [0.4, 0.5) is 5.69 Å². The number of carbonyl (C=O) groups excluding carboxylic acids is 2. The summed E-state index contributed by atoms with van der Waals surface area (Å²) in [6.07, 6.45) is 0.0227. The fraction of sp³-hybridized carbons (Fsp3) is 0.333. The number of carbonyl (C=O) groups is 2. The van der Waals surface area contributed by atoms with Crippen molar-refractivity contribution in [3.63, 3.8) is 0 Å². The minimum atomic E-state index is -0.937.